The van der Waals surface area contributed by atoms with Crippen LogP contribution >= 0.6 is 11.5 Å². The van der Waals surface area contributed by atoms with E-state index in [1.54, 1.807) is 14.0 Å². The molecule has 1 rings (SSSR count). The topological polar surface area (TPSA) is 66.3 Å². The van der Waals surface area contributed by atoms with Crippen LogP contribution in [0.2, 0.25) is 0 Å². The third-order valence-corrected chi connectivity index (χ3v) is 2.29. The molecule has 1 N–H and O–H groups in total. The molecule has 0 aliphatic carbocycles. The Hall–Kier alpha value is -1.01. The number of nitrogens with zero attached hydrogens (tertiary/aromatic N) is 3. The second-order valence-electron chi connectivity index (χ2n) is 2.60. The summed E-state index contributed by atoms with van der Waals surface area (Å²) in [6, 6.07) is 0. The minimum Gasteiger partial charge on any atom is -0.395 e. The summed E-state index contributed by atoms with van der Waals surface area (Å²) in [5.41, 5.74) is 0. The Bertz CT molecular complexity index is 300. The average molecular weight is 201 g/mol. The number of hydrogen-bond acceptors (Lipinski definition) is 5. The Kier molecular flexibility index (Phi) is 3.32. The number of rotatable bonds is 3. The second-order valence-corrected chi connectivity index (χ2v) is 3.35. The van der Waals surface area contributed by atoms with Crippen molar-refractivity contribution in [3.8, 4) is 0 Å². The van der Waals surface area contributed by atoms with Crippen LogP contribution in [0.4, 0.5) is 0 Å². The molecule has 0 saturated carbocycles. The molecule has 0 aliphatic rings. The number of aliphatic hydroxyl groups is 1. The van der Waals surface area contributed by atoms with Crippen LogP contribution in [0.5, 0.6) is 0 Å². The number of aryl methyl sites for hydroxylation is 1. The first-order valence-corrected chi connectivity index (χ1v) is 4.59. The van der Waals surface area contributed by atoms with Gasteiger partial charge in [0.1, 0.15) is 5.82 Å². The molecule has 13 heavy (non-hydrogen) atoms. The van der Waals surface area contributed by atoms with Crippen LogP contribution in [0, 0.1) is 6.92 Å². The van der Waals surface area contributed by atoms with E-state index < -0.39 is 0 Å². The summed E-state index contributed by atoms with van der Waals surface area (Å²) in [4.78, 5) is 16.8. The van der Waals surface area contributed by atoms with Gasteiger partial charge in [-0.25, -0.2) is 4.98 Å². The van der Waals surface area contributed by atoms with E-state index in [1.165, 1.54) is 4.90 Å². The first-order chi connectivity index (χ1) is 6.15. The van der Waals surface area contributed by atoms with Crippen molar-refractivity contribution in [3.63, 3.8) is 0 Å². The van der Waals surface area contributed by atoms with Crippen molar-refractivity contribution < 1.29 is 9.90 Å². The highest BCUT2D eigenvalue weighted by Crippen LogP contribution is 2.06. The van der Waals surface area contributed by atoms with Crippen LogP contribution in [0.25, 0.3) is 0 Å². The maximum absolute atomic E-state index is 11.5. The molecule has 0 aliphatic heterocycles. The predicted octanol–water partition coefficient (Wildman–Crippen LogP) is -0.0892. The third-order valence-electron chi connectivity index (χ3n) is 1.49. The molecule has 6 heteroatoms. The van der Waals surface area contributed by atoms with E-state index in [0.29, 0.717) is 17.4 Å². The van der Waals surface area contributed by atoms with Crippen molar-refractivity contribution in [1.29, 1.82) is 0 Å². The molecule has 1 aromatic rings. The van der Waals surface area contributed by atoms with Crippen LogP contribution in [0.3, 0.4) is 0 Å². The number of hydrogen-bond donors (Lipinski definition) is 1. The highest BCUT2D eigenvalue weighted by molar-refractivity contribution is 7.07. The summed E-state index contributed by atoms with van der Waals surface area (Å²) in [7, 11) is 1.62. The van der Waals surface area contributed by atoms with Crippen LogP contribution in [-0.4, -0.2) is 45.5 Å². The van der Waals surface area contributed by atoms with Gasteiger partial charge in [0, 0.05) is 13.6 Å². The molecule has 0 saturated heterocycles. The first kappa shape index (κ1) is 10.1. The van der Waals surface area contributed by atoms with Gasteiger partial charge in [-0.2, -0.15) is 4.37 Å². The van der Waals surface area contributed by atoms with Gasteiger partial charge < -0.3 is 10.0 Å². The first-order valence-electron chi connectivity index (χ1n) is 3.81. The SMILES string of the molecule is Cc1nsc(C(=O)N(C)CCO)n1. The standard InChI is InChI=1S/C7H11N3O2S/c1-5-8-6(13-9-5)7(12)10(2)3-4-11/h11H,3-4H2,1-2H3. The van der Waals surface area contributed by atoms with E-state index >= 15 is 0 Å². The maximum Gasteiger partial charge on any atom is 0.284 e. The van der Waals surface area contributed by atoms with Gasteiger partial charge in [-0.3, -0.25) is 4.79 Å². The molecule has 0 atom stereocenters. The average Bonchev–Trinajstić information content (AvgIpc) is 2.51. The monoisotopic (exact) mass is 201 g/mol. The van der Waals surface area contributed by atoms with Crippen LogP contribution in [0.15, 0.2) is 0 Å². The fourth-order valence-electron chi connectivity index (χ4n) is 0.799. The largest absolute Gasteiger partial charge is 0.395 e. The van der Waals surface area contributed by atoms with Crippen LogP contribution < -0.4 is 0 Å². The lowest BCUT2D eigenvalue weighted by molar-refractivity contribution is 0.0766. The van der Waals surface area contributed by atoms with Crippen molar-refractivity contribution in [2.75, 3.05) is 20.2 Å². The number of aliphatic hydroxyl groups excluding tert-OH is 1. The van der Waals surface area contributed by atoms with Gasteiger partial charge in [0.15, 0.2) is 0 Å². The number of carbonyl (C=O) groups is 1. The molecule has 1 heterocycles. The lowest BCUT2D eigenvalue weighted by Gasteiger charge is -2.12. The van der Waals surface area contributed by atoms with Crippen LogP contribution in [-0.2, 0) is 0 Å². The molecule has 0 unspecified atom stereocenters. The third kappa shape index (κ3) is 2.46. The summed E-state index contributed by atoms with van der Waals surface area (Å²) >= 11 is 1.08. The van der Waals surface area contributed by atoms with E-state index in [1.807, 2.05) is 0 Å². The number of amides is 1. The smallest absolute Gasteiger partial charge is 0.284 e. The molecule has 0 fully saturated rings. The lowest BCUT2D eigenvalue weighted by Crippen LogP contribution is -2.29. The quantitative estimate of drug-likeness (QED) is 0.742. The Morgan fingerprint density at radius 1 is 1.69 bits per heavy atom. The van der Waals surface area contributed by atoms with Gasteiger partial charge in [-0.1, -0.05) is 0 Å². The summed E-state index contributed by atoms with van der Waals surface area (Å²) < 4.78 is 3.90. The normalized spacial score (nSPS) is 10.1. The van der Waals surface area contributed by atoms with Gasteiger partial charge in [-0.15, -0.1) is 0 Å². The summed E-state index contributed by atoms with van der Waals surface area (Å²) in [5, 5.41) is 8.98. The molecule has 0 radical (unpaired) electrons. The van der Waals surface area contributed by atoms with Crippen molar-refractivity contribution >= 4 is 17.4 Å². The molecule has 0 spiro atoms. The highest BCUT2D eigenvalue weighted by atomic mass is 32.1. The molecule has 0 aromatic carbocycles. The molecule has 5 nitrogen and oxygen atoms in total. The molecule has 1 aromatic heterocycles. The molecular formula is C7H11N3O2S. The number of aromatic nitrogens is 2. The van der Waals surface area contributed by atoms with Crippen molar-refractivity contribution in [2.24, 2.45) is 0 Å². The Balaban J connectivity index is 2.67. The summed E-state index contributed by atoms with van der Waals surface area (Å²) in [5.74, 6) is 0.408. The van der Waals surface area contributed by atoms with Crippen LogP contribution in [0.1, 0.15) is 15.6 Å². The van der Waals surface area contributed by atoms with E-state index in [0.717, 1.165) is 11.5 Å². The fraction of sp³-hybridized carbons (Fsp3) is 0.571. The van der Waals surface area contributed by atoms with Crippen molar-refractivity contribution in [2.45, 2.75) is 6.92 Å². The highest BCUT2D eigenvalue weighted by Gasteiger charge is 2.14. The molecule has 72 valence electrons. The molecular weight excluding hydrogens is 190 g/mol. The Morgan fingerprint density at radius 2 is 2.38 bits per heavy atom. The minimum atomic E-state index is -0.195. The van der Waals surface area contributed by atoms with Gasteiger partial charge >= 0.3 is 0 Å². The zero-order valence-corrected chi connectivity index (χ0v) is 8.34. The summed E-state index contributed by atoms with van der Waals surface area (Å²) in [6.45, 7) is 2.01. The van der Waals surface area contributed by atoms with E-state index in [4.69, 9.17) is 5.11 Å². The summed E-state index contributed by atoms with van der Waals surface area (Å²) in [6.07, 6.45) is 0. The zero-order chi connectivity index (χ0) is 9.84. The molecule has 0 bridgehead atoms. The molecule has 1 amide bonds. The second kappa shape index (κ2) is 4.29. The zero-order valence-electron chi connectivity index (χ0n) is 7.52. The predicted molar refractivity (Wildman–Crippen MR) is 48.7 cm³/mol. The van der Waals surface area contributed by atoms with Crippen molar-refractivity contribution in [1.82, 2.24) is 14.3 Å². The van der Waals surface area contributed by atoms with Crippen molar-refractivity contribution in [3.05, 3.63) is 10.8 Å². The van der Waals surface area contributed by atoms with E-state index in [9.17, 15) is 4.79 Å². The van der Waals surface area contributed by atoms with Gasteiger partial charge in [0.2, 0.25) is 5.01 Å². The van der Waals surface area contributed by atoms with E-state index in [2.05, 4.69) is 9.36 Å². The van der Waals surface area contributed by atoms with Gasteiger partial charge in [0.05, 0.1) is 6.61 Å². The number of likely N-dealkylation sites (N-methyl/N-ethyl adjacent to an activating group) is 1. The van der Waals surface area contributed by atoms with Gasteiger partial charge in [-0.05, 0) is 18.5 Å². The van der Waals surface area contributed by atoms with E-state index in [-0.39, 0.29) is 12.5 Å². The Morgan fingerprint density at radius 3 is 2.85 bits per heavy atom. The minimum absolute atomic E-state index is 0.0416. The van der Waals surface area contributed by atoms with Gasteiger partial charge in [0.25, 0.3) is 5.91 Å². The maximum atomic E-state index is 11.5. The number of carbonyl (C=O) groups excluding carboxylic acids is 1. The Labute approximate surface area is 80.2 Å². The fourth-order valence-corrected chi connectivity index (χ4v) is 1.47. The lowest BCUT2D eigenvalue weighted by atomic mass is 10.5.